The number of nitrogens with zero attached hydrogens (tertiary/aromatic N) is 2. The van der Waals surface area contributed by atoms with Crippen LogP contribution < -0.4 is 5.32 Å². The van der Waals surface area contributed by atoms with E-state index in [1.54, 1.807) is 13.0 Å². The second-order valence-electron chi connectivity index (χ2n) is 7.01. The maximum atomic E-state index is 13.5. The summed E-state index contributed by atoms with van der Waals surface area (Å²) >= 11 is 6.00. The Bertz CT molecular complexity index is 1090. The molecule has 8 heteroatoms. The Morgan fingerprint density at radius 2 is 2.03 bits per heavy atom. The van der Waals surface area contributed by atoms with Crippen molar-refractivity contribution in [2.75, 3.05) is 5.32 Å². The minimum Gasteiger partial charge on any atom is -0.354 e. The molecule has 0 spiro atoms. The third kappa shape index (κ3) is 3.54. The third-order valence-corrected chi connectivity index (χ3v) is 6.29. The number of amides is 1. The fraction of sp³-hybridized carbons (Fsp3) is 0.190. The third-order valence-electron chi connectivity index (χ3n) is 5.04. The van der Waals surface area contributed by atoms with Gasteiger partial charge < -0.3 is 5.32 Å². The lowest BCUT2D eigenvalue weighted by Crippen LogP contribution is -2.50. The van der Waals surface area contributed by atoms with Gasteiger partial charge in [0, 0.05) is 17.7 Å². The molecule has 1 unspecified atom stereocenters. The van der Waals surface area contributed by atoms with Crippen LogP contribution in [0.1, 0.15) is 29.5 Å². The van der Waals surface area contributed by atoms with Crippen molar-refractivity contribution in [3.8, 4) is 0 Å². The highest BCUT2D eigenvalue weighted by molar-refractivity contribution is 7.78. The summed E-state index contributed by atoms with van der Waals surface area (Å²) in [6.07, 6.45) is 1.43. The van der Waals surface area contributed by atoms with Gasteiger partial charge in [-0.3, -0.25) is 13.9 Å². The summed E-state index contributed by atoms with van der Waals surface area (Å²) in [4.78, 5) is 28.7. The highest BCUT2D eigenvalue weighted by atomic mass is 32.1. The number of ketones is 1. The molecule has 0 aliphatic carbocycles. The van der Waals surface area contributed by atoms with Crippen LogP contribution in [-0.2, 0) is 15.1 Å². The molecule has 5 nitrogen and oxygen atoms in total. The topological polar surface area (TPSA) is 62.3 Å². The number of pyridine rings is 1. The normalized spacial score (nSPS) is 19.5. The maximum Gasteiger partial charge on any atom is 0.240 e. The Labute approximate surface area is 177 Å². The van der Waals surface area contributed by atoms with Crippen LogP contribution >= 0.6 is 24.2 Å². The average Bonchev–Trinajstić information content (AvgIpc) is 3.23. The minimum absolute atomic E-state index is 0.122. The minimum atomic E-state index is -0.982. The Balaban J connectivity index is 1.78. The van der Waals surface area contributed by atoms with Crippen LogP contribution in [0.25, 0.3) is 0 Å². The largest absolute Gasteiger partial charge is 0.354 e. The number of nitrogens with one attached hydrogen (secondary N) is 1. The molecule has 1 N–H and O–H groups in total. The van der Waals surface area contributed by atoms with Crippen molar-refractivity contribution in [1.82, 2.24) is 9.29 Å². The number of Topliss-reactive ketones (excluding diaryl/α,β-unsaturated/α-hetero) is 1. The van der Waals surface area contributed by atoms with E-state index in [2.05, 4.69) is 23.1 Å². The number of anilines is 2. The zero-order chi connectivity index (χ0) is 20.6. The molecule has 1 aliphatic rings. The van der Waals surface area contributed by atoms with Crippen LogP contribution in [0.15, 0.2) is 53.4 Å². The number of aromatic nitrogens is 1. The lowest BCUT2D eigenvalue weighted by molar-refractivity contribution is -0.139. The number of thiol groups is 1. The lowest BCUT2D eigenvalue weighted by atomic mass is 9.77. The molecule has 1 saturated heterocycles. The SMILES string of the molecule is Cc1cc(Nc2cccc(C3(c4ccsc4)CC(=O)CC(=O)N3S)c2)cnc1F. The van der Waals surface area contributed by atoms with Gasteiger partial charge in [0.25, 0.3) is 0 Å². The van der Waals surface area contributed by atoms with Gasteiger partial charge in [-0.1, -0.05) is 24.9 Å². The average molecular weight is 428 g/mol. The van der Waals surface area contributed by atoms with Gasteiger partial charge in [-0.05, 0) is 53.1 Å². The van der Waals surface area contributed by atoms with Gasteiger partial charge >= 0.3 is 0 Å². The summed E-state index contributed by atoms with van der Waals surface area (Å²) in [6, 6.07) is 11.0. The summed E-state index contributed by atoms with van der Waals surface area (Å²) in [5.41, 5.74) is 2.44. The number of hydrogen-bond donors (Lipinski definition) is 2. The smallest absolute Gasteiger partial charge is 0.240 e. The van der Waals surface area contributed by atoms with Crippen molar-refractivity contribution in [2.24, 2.45) is 0 Å². The van der Waals surface area contributed by atoms with Gasteiger partial charge in [-0.25, -0.2) is 4.98 Å². The monoisotopic (exact) mass is 427 g/mol. The molecule has 1 aromatic carbocycles. The van der Waals surface area contributed by atoms with E-state index in [1.807, 2.05) is 41.1 Å². The number of hydrogen-bond acceptors (Lipinski definition) is 6. The van der Waals surface area contributed by atoms with E-state index in [1.165, 1.54) is 21.8 Å². The molecule has 148 valence electrons. The van der Waals surface area contributed by atoms with E-state index in [9.17, 15) is 14.0 Å². The second kappa shape index (κ2) is 7.61. The first-order valence-electron chi connectivity index (χ1n) is 8.96. The van der Waals surface area contributed by atoms with Gasteiger partial charge in [0.15, 0.2) is 0 Å². The van der Waals surface area contributed by atoms with Crippen molar-refractivity contribution in [3.05, 3.63) is 76.0 Å². The maximum absolute atomic E-state index is 13.5. The fourth-order valence-electron chi connectivity index (χ4n) is 3.64. The van der Waals surface area contributed by atoms with Crippen molar-refractivity contribution < 1.29 is 14.0 Å². The molecule has 1 atom stereocenters. The predicted octanol–water partition coefficient (Wildman–Crippen LogP) is 4.61. The highest BCUT2D eigenvalue weighted by Gasteiger charge is 2.47. The summed E-state index contributed by atoms with van der Waals surface area (Å²) in [7, 11) is 0. The van der Waals surface area contributed by atoms with Crippen molar-refractivity contribution in [2.45, 2.75) is 25.3 Å². The van der Waals surface area contributed by atoms with Crippen LogP contribution in [0.4, 0.5) is 15.8 Å². The van der Waals surface area contributed by atoms with Crippen LogP contribution in [0.5, 0.6) is 0 Å². The lowest BCUT2D eigenvalue weighted by Gasteiger charge is -2.43. The number of carbonyl (C=O) groups excluding carboxylic acids is 2. The molecular formula is C21H18FN3O2S2. The number of carbonyl (C=O) groups is 2. The Hall–Kier alpha value is -2.71. The van der Waals surface area contributed by atoms with Crippen LogP contribution in [0, 0.1) is 12.9 Å². The number of piperidine rings is 1. The zero-order valence-corrected chi connectivity index (χ0v) is 17.3. The molecule has 4 rings (SSSR count). The highest BCUT2D eigenvalue weighted by Crippen LogP contribution is 2.45. The molecule has 2 aromatic heterocycles. The number of rotatable bonds is 4. The summed E-state index contributed by atoms with van der Waals surface area (Å²) < 4.78 is 14.8. The first-order chi connectivity index (χ1) is 13.9. The quantitative estimate of drug-likeness (QED) is 0.363. The summed E-state index contributed by atoms with van der Waals surface area (Å²) in [5, 5.41) is 7.06. The standard InChI is InChI=1S/C21H18FN3O2S2/c1-13-7-17(11-23-20(13)22)24-16-4-2-3-14(8-16)21(15-5-6-29-12-15)10-18(26)9-19(27)25(21)28/h2-8,11-12,24,28H,9-10H2,1H3. The van der Waals surface area contributed by atoms with Gasteiger partial charge in [0.1, 0.15) is 11.3 Å². The Kier molecular flexibility index (Phi) is 5.14. The van der Waals surface area contributed by atoms with Gasteiger partial charge in [0.2, 0.25) is 11.9 Å². The number of aryl methyl sites for hydroxylation is 1. The molecule has 1 aliphatic heterocycles. The van der Waals surface area contributed by atoms with Gasteiger partial charge in [-0.2, -0.15) is 15.7 Å². The van der Waals surface area contributed by atoms with E-state index >= 15 is 0 Å². The molecule has 29 heavy (non-hydrogen) atoms. The molecule has 0 saturated carbocycles. The van der Waals surface area contributed by atoms with Crippen molar-refractivity contribution in [1.29, 1.82) is 0 Å². The van der Waals surface area contributed by atoms with Crippen molar-refractivity contribution in [3.63, 3.8) is 0 Å². The molecular weight excluding hydrogens is 409 g/mol. The van der Waals surface area contributed by atoms with Gasteiger partial charge in [-0.15, -0.1) is 0 Å². The molecule has 0 radical (unpaired) electrons. The zero-order valence-electron chi connectivity index (χ0n) is 15.6. The fourth-order valence-corrected chi connectivity index (χ4v) is 4.74. The molecule has 0 bridgehead atoms. The Morgan fingerprint density at radius 1 is 1.21 bits per heavy atom. The summed E-state index contributed by atoms with van der Waals surface area (Å²) in [6.45, 7) is 1.65. The van der Waals surface area contributed by atoms with Crippen LogP contribution in [0.2, 0.25) is 0 Å². The van der Waals surface area contributed by atoms with E-state index in [-0.39, 0.29) is 24.5 Å². The second-order valence-corrected chi connectivity index (χ2v) is 8.19. The van der Waals surface area contributed by atoms with E-state index in [4.69, 9.17) is 0 Å². The summed E-state index contributed by atoms with van der Waals surface area (Å²) in [5.74, 6) is -0.957. The Morgan fingerprint density at radius 3 is 2.76 bits per heavy atom. The first-order valence-corrected chi connectivity index (χ1v) is 10.3. The first kappa shape index (κ1) is 19.6. The van der Waals surface area contributed by atoms with E-state index < -0.39 is 11.5 Å². The number of halogens is 1. The van der Waals surface area contributed by atoms with E-state index in [0.717, 1.165) is 16.8 Å². The molecule has 1 fully saturated rings. The molecule has 1 amide bonds. The number of benzene rings is 1. The van der Waals surface area contributed by atoms with Crippen LogP contribution in [0.3, 0.4) is 0 Å². The molecule has 3 heterocycles. The predicted molar refractivity (Wildman–Crippen MR) is 114 cm³/mol. The molecule has 3 aromatic rings. The van der Waals surface area contributed by atoms with Crippen molar-refractivity contribution >= 4 is 47.2 Å². The van der Waals surface area contributed by atoms with E-state index in [0.29, 0.717) is 11.3 Å². The van der Waals surface area contributed by atoms with Gasteiger partial charge in [0.05, 0.1) is 18.3 Å². The number of thiophene rings is 1. The van der Waals surface area contributed by atoms with Crippen LogP contribution in [-0.4, -0.2) is 21.0 Å².